The number of rotatable bonds is 2. The lowest BCUT2D eigenvalue weighted by molar-refractivity contribution is 0.185. The van der Waals surface area contributed by atoms with Gasteiger partial charge in [-0.1, -0.05) is 0 Å². The van der Waals surface area contributed by atoms with Gasteiger partial charge in [0.1, 0.15) is 0 Å². The van der Waals surface area contributed by atoms with E-state index in [4.69, 9.17) is 5.26 Å². The van der Waals surface area contributed by atoms with Crippen molar-refractivity contribution in [1.82, 2.24) is 10.2 Å². The molecule has 20 heavy (non-hydrogen) atoms. The maximum Gasteiger partial charge on any atom is 0.0992 e. The zero-order chi connectivity index (χ0) is 13.9. The Morgan fingerprint density at radius 1 is 1.25 bits per heavy atom. The molecule has 2 aliphatic rings. The third-order valence-electron chi connectivity index (χ3n) is 4.25. The first-order chi connectivity index (χ1) is 9.78. The Morgan fingerprint density at radius 2 is 2.05 bits per heavy atom. The highest BCUT2D eigenvalue weighted by Crippen LogP contribution is 2.31. The molecule has 1 atom stereocenters. The van der Waals surface area contributed by atoms with E-state index in [1.165, 1.54) is 12.1 Å². The molecule has 5 heteroatoms. The van der Waals surface area contributed by atoms with E-state index >= 15 is 0 Å². The third kappa shape index (κ3) is 2.83. The van der Waals surface area contributed by atoms with E-state index in [-0.39, 0.29) is 0 Å². The summed E-state index contributed by atoms with van der Waals surface area (Å²) >= 11 is 3.60. The second-order valence-electron chi connectivity index (χ2n) is 5.45. The first kappa shape index (κ1) is 13.9. The number of halogens is 1. The Labute approximate surface area is 128 Å². The molecule has 2 aliphatic heterocycles. The van der Waals surface area contributed by atoms with Crippen LogP contribution in [-0.4, -0.2) is 50.2 Å². The summed E-state index contributed by atoms with van der Waals surface area (Å²) in [6.07, 6.45) is 1.23. The predicted octanol–water partition coefficient (Wildman–Crippen LogP) is 1.80. The minimum absolute atomic E-state index is 0.666. The smallest absolute Gasteiger partial charge is 0.0992 e. The number of nitrogens with zero attached hydrogens (tertiary/aromatic N) is 3. The van der Waals surface area contributed by atoms with Gasteiger partial charge in [0.25, 0.3) is 0 Å². The molecule has 4 nitrogen and oxygen atoms in total. The number of hydrogen-bond donors (Lipinski definition) is 1. The van der Waals surface area contributed by atoms with Crippen molar-refractivity contribution in [3.05, 3.63) is 28.2 Å². The molecule has 0 aliphatic carbocycles. The Kier molecular flexibility index (Phi) is 4.25. The highest BCUT2D eigenvalue weighted by Gasteiger charge is 2.29. The summed E-state index contributed by atoms with van der Waals surface area (Å²) in [6.45, 7) is 6.72. The highest BCUT2D eigenvalue weighted by atomic mass is 79.9. The van der Waals surface area contributed by atoms with Crippen LogP contribution in [0.3, 0.4) is 0 Å². The maximum atomic E-state index is 8.93. The molecule has 3 rings (SSSR count). The van der Waals surface area contributed by atoms with Gasteiger partial charge in [0, 0.05) is 49.8 Å². The van der Waals surface area contributed by atoms with Crippen LogP contribution in [0.2, 0.25) is 0 Å². The summed E-state index contributed by atoms with van der Waals surface area (Å²) in [6, 6.07) is 8.72. The monoisotopic (exact) mass is 334 g/mol. The predicted molar refractivity (Wildman–Crippen MR) is 83.9 cm³/mol. The molecular formula is C15H19BrN4. The summed E-state index contributed by atoms with van der Waals surface area (Å²) in [5.74, 6) is 0. The SMILES string of the molecule is N#Cc1ccc(N2CCC(N3CCNCC3)C2)c(Br)c1. The molecule has 0 bridgehead atoms. The van der Waals surface area contributed by atoms with Crippen LogP contribution in [-0.2, 0) is 0 Å². The van der Waals surface area contributed by atoms with Crippen molar-refractivity contribution in [2.45, 2.75) is 12.5 Å². The van der Waals surface area contributed by atoms with Crippen molar-refractivity contribution < 1.29 is 0 Å². The highest BCUT2D eigenvalue weighted by molar-refractivity contribution is 9.10. The van der Waals surface area contributed by atoms with Gasteiger partial charge >= 0.3 is 0 Å². The van der Waals surface area contributed by atoms with E-state index in [9.17, 15) is 0 Å². The van der Waals surface area contributed by atoms with Gasteiger partial charge in [-0.2, -0.15) is 5.26 Å². The Balaban J connectivity index is 1.69. The number of benzene rings is 1. The largest absolute Gasteiger partial charge is 0.369 e. The number of piperazine rings is 1. The molecule has 1 aromatic rings. The van der Waals surface area contributed by atoms with Gasteiger partial charge in [-0.25, -0.2) is 0 Å². The molecule has 1 aromatic carbocycles. The van der Waals surface area contributed by atoms with E-state index in [0.717, 1.165) is 43.7 Å². The van der Waals surface area contributed by atoms with Gasteiger partial charge < -0.3 is 10.2 Å². The van der Waals surface area contributed by atoms with Crippen LogP contribution in [0.4, 0.5) is 5.69 Å². The normalized spacial score (nSPS) is 23.8. The molecular weight excluding hydrogens is 316 g/mol. The first-order valence-corrected chi connectivity index (χ1v) is 7.96. The van der Waals surface area contributed by atoms with Crippen LogP contribution < -0.4 is 10.2 Å². The molecule has 0 saturated carbocycles. The summed E-state index contributed by atoms with van der Waals surface area (Å²) < 4.78 is 1.03. The van der Waals surface area contributed by atoms with Crippen molar-refractivity contribution in [2.75, 3.05) is 44.2 Å². The standard InChI is InChI=1S/C15H19BrN4/c16-14-9-12(10-17)1-2-15(14)20-6-3-13(11-20)19-7-4-18-5-8-19/h1-2,9,13,18H,3-8,11H2. The molecule has 0 radical (unpaired) electrons. The molecule has 0 aromatic heterocycles. The molecule has 2 heterocycles. The zero-order valence-corrected chi connectivity index (χ0v) is 13.1. The number of nitriles is 1. The molecule has 0 amide bonds. The molecule has 0 spiro atoms. The van der Waals surface area contributed by atoms with E-state index in [0.29, 0.717) is 11.6 Å². The average Bonchev–Trinajstić information content (AvgIpc) is 2.97. The van der Waals surface area contributed by atoms with Crippen LogP contribution >= 0.6 is 15.9 Å². The van der Waals surface area contributed by atoms with Gasteiger partial charge in [0.2, 0.25) is 0 Å². The van der Waals surface area contributed by atoms with E-state index in [1.54, 1.807) is 0 Å². The van der Waals surface area contributed by atoms with E-state index < -0.39 is 0 Å². The van der Waals surface area contributed by atoms with Gasteiger partial charge in [0.15, 0.2) is 0 Å². The number of nitrogens with one attached hydrogen (secondary N) is 1. The molecule has 1 N–H and O–H groups in total. The zero-order valence-electron chi connectivity index (χ0n) is 11.5. The summed E-state index contributed by atoms with van der Waals surface area (Å²) in [4.78, 5) is 5.03. The van der Waals surface area contributed by atoms with Crippen LogP contribution in [0.1, 0.15) is 12.0 Å². The first-order valence-electron chi connectivity index (χ1n) is 7.17. The van der Waals surface area contributed by atoms with Gasteiger partial charge in [-0.15, -0.1) is 0 Å². The lowest BCUT2D eigenvalue weighted by Crippen LogP contribution is -2.49. The minimum atomic E-state index is 0.666. The van der Waals surface area contributed by atoms with E-state index in [2.05, 4.69) is 43.2 Å². The van der Waals surface area contributed by atoms with Gasteiger partial charge in [-0.3, -0.25) is 4.90 Å². The lowest BCUT2D eigenvalue weighted by atomic mass is 10.2. The Hall–Kier alpha value is -1.09. The van der Waals surface area contributed by atoms with Crippen LogP contribution in [0, 0.1) is 11.3 Å². The fourth-order valence-electron chi connectivity index (χ4n) is 3.14. The molecule has 1 unspecified atom stereocenters. The quantitative estimate of drug-likeness (QED) is 0.895. The average molecular weight is 335 g/mol. The molecule has 2 fully saturated rings. The molecule has 106 valence electrons. The van der Waals surface area contributed by atoms with Gasteiger partial charge in [0.05, 0.1) is 17.3 Å². The number of hydrogen-bond acceptors (Lipinski definition) is 4. The van der Waals surface area contributed by atoms with Crippen molar-refractivity contribution in [3.8, 4) is 6.07 Å². The minimum Gasteiger partial charge on any atom is -0.369 e. The lowest BCUT2D eigenvalue weighted by Gasteiger charge is -2.32. The summed E-state index contributed by atoms with van der Waals surface area (Å²) in [5, 5.41) is 12.3. The second-order valence-corrected chi connectivity index (χ2v) is 6.31. The van der Waals surface area contributed by atoms with Crippen molar-refractivity contribution in [1.29, 1.82) is 5.26 Å². The molecule has 2 saturated heterocycles. The van der Waals surface area contributed by atoms with Crippen LogP contribution in [0.5, 0.6) is 0 Å². The van der Waals surface area contributed by atoms with Gasteiger partial charge in [-0.05, 0) is 40.5 Å². The fourth-order valence-corrected chi connectivity index (χ4v) is 3.77. The topological polar surface area (TPSA) is 42.3 Å². The Morgan fingerprint density at radius 3 is 2.75 bits per heavy atom. The van der Waals surface area contributed by atoms with Crippen molar-refractivity contribution in [3.63, 3.8) is 0 Å². The van der Waals surface area contributed by atoms with Crippen LogP contribution in [0.15, 0.2) is 22.7 Å². The summed E-state index contributed by atoms with van der Waals surface area (Å²) in [7, 11) is 0. The van der Waals surface area contributed by atoms with E-state index in [1.807, 2.05) is 12.1 Å². The van der Waals surface area contributed by atoms with Crippen molar-refractivity contribution in [2.24, 2.45) is 0 Å². The number of anilines is 1. The second kappa shape index (κ2) is 6.13. The van der Waals surface area contributed by atoms with Crippen molar-refractivity contribution >= 4 is 21.6 Å². The Bertz CT molecular complexity index is 519. The summed E-state index contributed by atoms with van der Waals surface area (Å²) in [5.41, 5.74) is 1.92. The fraction of sp³-hybridized carbons (Fsp3) is 0.533. The maximum absolute atomic E-state index is 8.93. The third-order valence-corrected chi connectivity index (χ3v) is 4.88. The van der Waals surface area contributed by atoms with Crippen LogP contribution in [0.25, 0.3) is 0 Å².